The van der Waals surface area contributed by atoms with Crippen LogP contribution >= 0.6 is 0 Å². The molecule has 1 rings (SSSR count). The normalized spacial score (nSPS) is 28.5. The summed E-state index contributed by atoms with van der Waals surface area (Å²) in [4.78, 5) is 13.9. The SMILES string of the molecule is CCCN1CCCC(N)(C(=O)OC)CC1. The fourth-order valence-corrected chi connectivity index (χ4v) is 2.16. The zero-order valence-corrected chi connectivity index (χ0v) is 9.79. The Morgan fingerprint density at radius 3 is 2.80 bits per heavy atom. The van der Waals surface area contributed by atoms with Crippen LogP contribution in [0.25, 0.3) is 0 Å². The Morgan fingerprint density at radius 2 is 2.20 bits per heavy atom. The molecule has 0 aromatic carbocycles. The highest BCUT2D eigenvalue weighted by Crippen LogP contribution is 2.21. The van der Waals surface area contributed by atoms with E-state index < -0.39 is 5.54 Å². The number of methoxy groups -OCH3 is 1. The summed E-state index contributed by atoms with van der Waals surface area (Å²) >= 11 is 0. The van der Waals surface area contributed by atoms with E-state index in [9.17, 15) is 4.79 Å². The lowest BCUT2D eigenvalue weighted by Crippen LogP contribution is -2.49. The average Bonchev–Trinajstić information content (AvgIpc) is 2.42. The van der Waals surface area contributed by atoms with E-state index in [-0.39, 0.29) is 5.97 Å². The van der Waals surface area contributed by atoms with E-state index in [1.54, 1.807) is 0 Å². The zero-order chi connectivity index (χ0) is 11.3. The van der Waals surface area contributed by atoms with Gasteiger partial charge in [0.25, 0.3) is 0 Å². The largest absolute Gasteiger partial charge is 0.468 e. The molecule has 15 heavy (non-hydrogen) atoms. The van der Waals surface area contributed by atoms with E-state index in [2.05, 4.69) is 11.8 Å². The van der Waals surface area contributed by atoms with Crippen LogP contribution in [0.5, 0.6) is 0 Å². The number of rotatable bonds is 3. The first-order chi connectivity index (χ1) is 7.12. The minimum Gasteiger partial charge on any atom is -0.468 e. The van der Waals surface area contributed by atoms with E-state index in [0.29, 0.717) is 6.42 Å². The number of carbonyl (C=O) groups is 1. The second kappa shape index (κ2) is 5.47. The summed E-state index contributed by atoms with van der Waals surface area (Å²) in [6.07, 6.45) is 3.57. The highest BCUT2D eigenvalue weighted by atomic mass is 16.5. The van der Waals surface area contributed by atoms with Gasteiger partial charge >= 0.3 is 5.97 Å². The maximum absolute atomic E-state index is 11.5. The van der Waals surface area contributed by atoms with Crippen LogP contribution in [-0.2, 0) is 9.53 Å². The lowest BCUT2D eigenvalue weighted by molar-refractivity contribution is -0.147. The number of hydrogen-bond acceptors (Lipinski definition) is 4. The van der Waals surface area contributed by atoms with Crippen molar-refractivity contribution in [3.8, 4) is 0 Å². The van der Waals surface area contributed by atoms with Crippen LogP contribution in [-0.4, -0.2) is 43.2 Å². The summed E-state index contributed by atoms with van der Waals surface area (Å²) in [6.45, 7) is 5.21. The molecule has 0 bridgehead atoms. The minimum atomic E-state index is -0.753. The van der Waals surface area contributed by atoms with Gasteiger partial charge in [0.1, 0.15) is 5.54 Å². The number of likely N-dealkylation sites (tertiary alicyclic amines) is 1. The van der Waals surface area contributed by atoms with Crippen LogP contribution in [0.3, 0.4) is 0 Å². The molecule has 1 aliphatic rings. The smallest absolute Gasteiger partial charge is 0.325 e. The molecule has 1 saturated heterocycles. The summed E-state index contributed by atoms with van der Waals surface area (Å²) in [7, 11) is 1.41. The molecule has 1 unspecified atom stereocenters. The molecule has 88 valence electrons. The molecule has 0 saturated carbocycles. The molecule has 1 atom stereocenters. The van der Waals surface area contributed by atoms with Crippen molar-refractivity contribution in [2.45, 2.75) is 38.1 Å². The molecule has 1 heterocycles. The number of ether oxygens (including phenoxy) is 1. The summed E-state index contributed by atoms with van der Waals surface area (Å²) in [5.74, 6) is -0.263. The standard InChI is InChI=1S/C11H22N2O2/c1-3-7-13-8-4-5-11(12,6-9-13)10(14)15-2/h3-9,12H2,1-2H3. The van der Waals surface area contributed by atoms with Gasteiger partial charge in [-0.05, 0) is 38.8 Å². The van der Waals surface area contributed by atoms with Gasteiger partial charge in [0, 0.05) is 6.54 Å². The molecular formula is C11H22N2O2. The number of nitrogens with two attached hydrogens (primary N) is 1. The molecule has 0 aromatic rings. The van der Waals surface area contributed by atoms with E-state index in [4.69, 9.17) is 10.5 Å². The van der Waals surface area contributed by atoms with Crippen molar-refractivity contribution in [1.82, 2.24) is 4.90 Å². The number of nitrogens with zero attached hydrogens (tertiary/aromatic N) is 1. The lowest BCUT2D eigenvalue weighted by atomic mass is 9.92. The molecule has 0 radical (unpaired) electrons. The van der Waals surface area contributed by atoms with Gasteiger partial charge in [0.15, 0.2) is 0 Å². The summed E-state index contributed by atoms with van der Waals surface area (Å²) < 4.78 is 4.76. The summed E-state index contributed by atoms with van der Waals surface area (Å²) in [5.41, 5.74) is 5.32. The van der Waals surface area contributed by atoms with Gasteiger partial charge in [-0.2, -0.15) is 0 Å². The summed E-state index contributed by atoms with van der Waals surface area (Å²) in [5, 5.41) is 0. The second-order valence-corrected chi connectivity index (χ2v) is 4.34. The highest BCUT2D eigenvalue weighted by molar-refractivity contribution is 5.80. The van der Waals surface area contributed by atoms with Crippen LogP contribution in [0.2, 0.25) is 0 Å². The van der Waals surface area contributed by atoms with Crippen LogP contribution < -0.4 is 5.73 Å². The van der Waals surface area contributed by atoms with Crippen molar-refractivity contribution in [3.05, 3.63) is 0 Å². The van der Waals surface area contributed by atoms with E-state index in [0.717, 1.165) is 38.9 Å². The third kappa shape index (κ3) is 3.18. The Balaban J connectivity index is 2.54. The third-order valence-corrected chi connectivity index (χ3v) is 3.10. The Kier molecular flexibility index (Phi) is 4.54. The molecule has 0 spiro atoms. The molecule has 0 amide bonds. The molecule has 4 heteroatoms. The van der Waals surface area contributed by atoms with Crippen LogP contribution in [0.4, 0.5) is 0 Å². The maximum atomic E-state index is 11.5. The predicted molar refractivity (Wildman–Crippen MR) is 59.5 cm³/mol. The van der Waals surface area contributed by atoms with E-state index >= 15 is 0 Å². The minimum absolute atomic E-state index is 0.263. The molecule has 4 nitrogen and oxygen atoms in total. The van der Waals surface area contributed by atoms with Crippen molar-refractivity contribution in [2.24, 2.45) is 5.73 Å². The molecular weight excluding hydrogens is 192 g/mol. The van der Waals surface area contributed by atoms with E-state index in [1.165, 1.54) is 7.11 Å². The topological polar surface area (TPSA) is 55.6 Å². The molecule has 1 fully saturated rings. The van der Waals surface area contributed by atoms with Gasteiger partial charge in [0.2, 0.25) is 0 Å². The van der Waals surface area contributed by atoms with Crippen molar-refractivity contribution in [1.29, 1.82) is 0 Å². The first kappa shape index (κ1) is 12.5. The van der Waals surface area contributed by atoms with E-state index in [1.807, 2.05) is 0 Å². The molecule has 2 N–H and O–H groups in total. The van der Waals surface area contributed by atoms with Gasteiger partial charge in [-0.15, -0.1) is 0 Å². The molecule has 0 aliphatic carbocycles. The zero-order valence-electron chi connectivity index (χ0n) is 9.79. The number of carbonyl (C=O) groups excluding carboxylic acids is 1. The fraction of sp³-hybridized carbons (Fsp3) is 0.909. The van der Waals surface area contributed by atoms with Crippen molar-refractivity contribution in [2.75, 3.05) is 26.7 Å². The molecule has 1 aliphatic heterocycles. The van der Waals surface area contributed by atoms with Gasteiger partial charge in [-0.25, -0.2) is 0 Å². The van der Waals surface area contributed by atoms with Crippen molar-refractivity contribution >= 4 is 5.97 Å². The summed E-state index contributed by atoms with van der Waals surface area (Å²) in [6, 6.07) is 0. The quantitative estimate of drug-likeness (QED) is 0.704. The average molecular weight is 214 g/mol. The highest BCUT2D eigenvalue weighted by Gasteiger charge is 2.36. The Bertz CT molecular complexity index is 221. The Morgan fingerprint density at radius 1 is 1.47 bits per heavy atom. The van der Waals surface area contributed by atoms with Gasteiger partial charge in [-0.1, -0.05) is 6.92 Å². The van der Waals surface area contributed by atoms with Crippen LogP contribution in [0.1, 0.15) is 32.6 Å². The first-order valence-electron chi connectivity index (χ1n) is 5.72. The van der Waals surface area contributed by atoms with Crippen molar-refractivity contribution in [3.63, 3.8) is 0 Å². The number of esters is 1. The predicted octanol–water partition coefficient (Wildman–Crippen LogP) is 0.753. The van der Waals surface area contributed by atoms with Gasteiger partial charge < -0.3 is 15.4 Å². The van der Waals surface area contributed by atoms with Gasteiger partial charge in [-0.3, -0.25) is 4.79 Å². The first-order valence-corrected chi connectivity index (χ1v) is 5.72. The number of hydrogen-bond donors (Lipinski definition) is 1. The van der Waals surface area contributed by atoms with Gasteiger partial charge in [0.05, 0.1) is 7.11 Å². The van der Waals surface area contributed by atoms with Crippen LogP contribution in [0, 0.1) is 0 Å². The van der Waals surface area contributed by atoms with Crippen LogP contribution in [0.15, 0.2) is 0 Å². The Hall–Kier alpha value is -0.610. The van der Waals surface area contributed by atoms with Crippen molar-refractivity contribution < 1.29 is 9.53 Å². The second-order valence-electron chi connectivity index (χ2n) is 4.34. The lowest BCUT2D eigenvalue weighted by Gasteiger charge is -2.24. The fourth-order valence-electron chi connectivity index (χ4n) is 2.16. The monoisotopic (exact) mass is 214 g/mol. The maximum Gasteiger partial charge on any atom is 0.325 e. The Labute approximate surface area is 91.8 Å². The third-order valence-electron chi connectivity index (χ3n) is 3.10. The molecule has 0 aromatic heterocycles.